The van der Waals surface area contributed by atoms with Gasteiger partial charge in [-0.3, -0.25) is 21.3 Å². The predicted octanol–water partition coefficient (Wildman–Crippen LogP) is 1.21. The van der Waals surface area contributed by atoms with E-state index in [9.17, 15) is 0 Å². The van der Waals surface area contributed by atoms with Crippen molar-refractivity contribution in [1.82, 2.24) is 21.3 Å². The molecule has 2 saturated heterocycles. The zero-order valence-corrected chi connectivity index (χ0v) is 13.0. The molecule has 1 aromatic rings. The fourth-order valence-electron chi connectivity index (χ4n) is 2.67. The van der Waals surface area contributed by atoms with Gasteiger partial charge in [-0.05, 0) is 18.1 Å². The van der Waals surface area contributed by atoms with Gasteiger partial charge in [0.15, 0.2) is 0 Å². The van der Waals surface area contributed by atoms with Crippen molar-refractivity contribution in [2.75, 3.05) is 13.2 Å². The molecule has 2 fully saturated rings. The van der Waals surface area contributed by atoms with Crippen molar-refractivity contribution < 1.29 is 4.74 Å². The first-order chi connectivity index (χ1) is 10.2. The largest absolute Gasteiger partial charge is 0.355 e. The minimum atomic E-state index is 0.0325. The molecule has 0 bridgehead atoms. The molecule has 2 heterocycles. The second-order valence-corrected chi connectivity index (χ2v) is 6.23. The molecule has 3 rings (SSSR count). The maximum atomic E-state index is 6.09. The van der Waals surface area contributed by atoms with Gasteiger partial charge in [0, 0.05) is 26.2 Å². The summed E-state index contributed by atoms with van der Waals surface area (Å²) in [6.07, 6.45) is 1.45. The van der Waals surface area contributed by atoms with E-state index in [0.717, 1.165) is 26.2 Å². The molecule has 6 heteroatoms. The molecule has 116 valence electrons. The molecule has 1 aromatic carbocycles. The van der Waals surface area contributed by atoms with Crippen molar-refractivity contribution in [3.63, 3.8) is 0 Å². The van der Waals surface area contributed by atoms with Crippen LogP contribution in [0, 0.1) is 0 Å². The van der Waals surface area contributed by atoms with E-state index in [1.165, 1.54) is 11.1 Å². The summed E-state index contributed by atoms with van der Waals surface area (Å²) in [5.74, 6) is 0. The van der Waals surface area contributed by atoms with Gasteiger partial charge in [-0.1, -0.05) is 24.3 Å². The topological polar surface area (TPSA) is 57.3 Å². The van der Waals surface area contributed by atoms with Gasteiger partial charge >= 0.3 is 0 Å². The van der Waals surface area contributed by atoms with Crippen LogP contribution in [-0.4, -0.2) is 31.0 Å². The summed E-state index contributed by atoms with van der Waals surface area (Å²) in [6, 6.07) is 8.56. The van der Waals surface area contributed by atoms with E-state index in [1.54, 1.807) is 0 Å². The monoisotopic (exact) mass is 310 g/mol. The van der Waals surface area contributed by atoms with Crippen molar-refractivity contribution in [2.24, 2.45) is 0 Å². The van der Waals surface area contributed by atoms with Crippen molar-refractivity contribution >= 4 is 11.6 Å². The van der Waals surface area contributed by atoms with Gasteiger partial charge in [0.05, 0.1) is 17.8 Å². The molecule has 0 saturated carbocycles. The van der Waals surface area contributed by atoms with E-state index in [2.05, 4.69) is 52.5 Å². The number of hydrogen-bond acceptors (Lipinski definition) is 5. The number of rotatable bonds is 4. The van der Waals surface area contributed by atoms with E-state index < -0.39 is 0 Å². The van der Waals surface area contributed by atoms with Crippen molar-refractivity contribution in [3.05, 3.63) is 35.4 Å². The van der Waals surface area contributed by atoms with Gasteiger partial charge < -0.3 is 4.74 Å². The summed E-state index contributed by atoms with van der Waals surface area (Å²) < 4.78 is 5.80. The normalized spacial score (nSPS) is 33.2. The maximum absolute atomic E-state index is 6.09. The van der Waals surface area contributed by atoms with Gasteiger partial charge in [-0.2, -0.15) is 0 Å². The zero-order valence-electron chi connectivity index (χ0n) is 12.2. The first-order valence-electron chi connectivity index (χ1n) is 7.52. The minimum Gasteiger partial charge on any atom is -0.355 e. The number of halogens is 1. The molecule has 4 N–H and O–H groups in total. The molecule has 0 aliphatic carbocycles. The third kappa shape index (κ3) is 4.16. The van der Waals surface area contributed by atoms with Crippen molar-refractivity contribution in [2.45, 2.75) is 43.9 Å². The molecule has 5 nitrogen and oxygen atoms in total. The Labute approximate surface area is 130 Å². The first-order valence-corrected chi connectivity index (χ1v) is 7.96. The first kappa shape index (κ1) is 15.2. The van der Waals surface area contributed by atoms with Crippen LogP contribution in [-0.2, 0) is 11.3 Å². The van der Waals surface area contributed by atoms with Crippen molar-refractivity contribution in [3.8, 4) is 0 Å². The second kappa shape index (κ2) is 7.05. The Morgan fingerprint density at radius 2 is 2.05 bits per heavy atom. The molecule has 4 atom stereocenters. The van der Waals surface area contributed by atoms with Crippen LogP contribution in [0.15, 0.2) is 24.3 Å². The number of alkyl halides is 1. The predicted molar refractivity (Wildman–Crippen MR) is 83.8 cm³/mol. The standard InChI is InChI=1S/C15H23ClN4O/c1-10-7-18-15(21-10)12-4-2-11(3-5-12)8-17-14-6-13(16)19-9-20-14/h2-5,10,13-15,17-20H,6-9H2,1H3. The lowest BCUT2D eigenvalue weighted by molar-refractivity contribution is 0.0510. The van der Waals surface area contributed by atoms with E-state index in [0.29, 0.717) is 0 Å². The highest BCUT2D eigenvalue weighted by Gasteiger charge is 2.22. The average molecular weight is 311 g/mol. The van der Waals surface area contributed by atoms with Crippen LogP contribution in [0.5, 0.6) is 0 Å². The Hall–Kier alpha value is -0.690. The SMILES string of the molecule is CC1CNC(c2ccc(CNC3CC(Cl)NCN3)cc2)O1. The second-order valence-electron chi connectivity index (χ2n) is 5.70. The summed E-state index contributed by atoms with van der Waals surface area (Å²) >= 11 is 6.09. The Morgan fingerprint density at radius 3 is 2.71 bits per heavy atom. The van der Waals surface area contributed by atoms with Gasteiger partial charge in [0.25, 0.3) is 0 Å². The molecule has 2 aliphatic rings. The van der Waals surface area contributed by atoms with Crippen LogP contribution < -0.4 is 21.3 Å². The number of benzene rings is 1. The maximum Gasteiger partial charge on any atom is 0.134 e. The van der Waals surface area contributed by atoms with Crippen LogP contribution in [0.2, 0.25) is 0 Å². The number of ether oxygens (including phenoxy) is 1. The minimum absolute atomic E-state index is 0.0325. The summed E-state index contributed by atoms with van der Waals surface area (Å²) in [4.78, 5) is 0. The quantitative estimate of drug-likeness (QED) is 0.498. The highest BCUT2D eigenvalue weighted by Crippen LogP contribution is 2.21. The molecule has 0 spiro atoms. The Kier molecular flexibility index (Phi) is 5.11. The lowest BCUT2D eigenvalue weighted by Gasteiger charge is -2.28. The van der Waals surface area contributed by atoms with Crippen LogP contribution in [0.3, 0.4) is 0 Å². The van der Waals surface area contributed by atoms with Crippen LogP contribution in [0.1, 0.15) is 30.7 Å². The molecular weight excluding hydrogens is 288 g/mol. The molecule has 2 aliphatic heterocycles. The molecule has 4 unspecified atom stereocenters. The van der Waals surface area contributed by atoms with Crippen LogP contribution >= 0.6 is 11.6 Å². The van der Waals surface area contributed by atoms with Crippen LogP contribution in [0.25, 0.3) is 0 Å². The zero-order chi connectivity index (χ0) is 14.7. The fraction of sp³-hybridized carbons (Fsp3) is 0.600. The van der Waals surface area contributed by atoms with Crippen LogP contribution in [0.4, 0.5) is 0 Å². The Morgan fingerprint density at radius 1 is 1.24 bits per heavy atom. The molecule has 0 amide bonds. The third-order valence-corrected chi connectivity index (χ3v) is 4.24. The highest BCUT2D eigenvalue weighted by atomic mass is 35.5. The Bertz CT molecular complexity index is 455. The highest BCUT2D eigenvalue weighted by molar-refractivity contribution is 6.20. The molecule has 0 radical (unpaired) electrons. The average Bonchev–Trinajstić information content (AvgIpc) is 2.92. The van der Waals surface area contributed by atoms with Gasteiger partial charge in [-0.15, -0.1) is 11.6 Å². The van der Waals surface area contributed by atoms with E-state index in [-0.39, 0.29) is 24.0 Å². The van der Waals surface area contributed by atoms with Gasteiger partial charge in [0.1, 0.15) is 6.23 Å². The van der Waals surface area contributed by atoms with E-state index in [4.69, 9.17) is 16.3 Å². The van der Waals surface area contributed by atoms with Gasteiger partial charge in [-0.25, -0.2) is 0 Å². The summed E-state index contributed by atoms with van der Waals surface area (Å²) in [6.45, 7) is 4.57. The smallest absolute Gasteiger partial charge is 0.134 e. The Balaban J connectivity index is 1.50. The number of nitrogens with one attached hydrogen (secondary N) is 4. The lowest BCUT2D eigenvalue weighted by Crippen LogP contribution is -2.54. The lowest BCUT2D eigenvalue weighted by atomic mass is 10.1. The summed E-state index contributed by atoms with van der Waals surface area (Å²) in [7, 11) is 0. The summed E-state index contributed by atoms with van der Waals surface area (Å²) in [5, 5.41) is 13.3. The molecule has 21 heavy (non-hydrogen) atoms. The molecule has 0 aromatic heterocycles. The van der Waals surface area contributed by atoms with Crippen molar-refractivity contribution in [1.29, 1.82) is 0 Å². The molecular formula is C15H23ClN4O. The number of hydrogen-bond donors (Lipinski definition) is 4. The fourth-order valence-corrected chi connectivity index (χ4v) is 2.93. The van der Waals surface area contributed by atoms with E-state index >= 15 is 0 Å². The summed E-state index contributed by atoms with van der Waals surface area (Å²) in [5.41, 5.74) is 2.49. The van der Waals surface area contributed by atoms with Gasteiger partial charge in [0.2, 0.25) is 0 Å². The third-order valence-electron chi connectivity index (χ3n) is 3.91. The van der Waals surface area contributed by atoms with E-state index in [1.807, 2.05) is 0 Å².